The van der Waals surface area contributed by atoms with Gasteiger partial charge in [-0.2, -0.15) is 4.98 Å². The van der Waals surface area contributed by atoms with Crippen LogP contribution in [-0.4, -0.2) is 46.0 Å². The number of ether oxygens (including phenoxy) is 2. The number of aromatic nitrogens is 2. The Hall–Kier alpha value is -1.05. The molecule has 130 valence electrons. The highest BCUT2D eigenvalue weighted by atomic mass is 32.2. The van der Waals surface area contributed by atoms with Crippen LogP contribution < -0.4 is 10.6 Å². The summed E-state index contributed by atoms with van der Waals surface area (Å²) in [5, 5.41) is 0. The molecule has 23 heavy (non-hydrogen) atoms. The van der Waals surface area contributed by atoms with Gasteiger partial charge in [-0.25, -0.2) is 4.79 Å². The van der Waals surface area contributed by atoms with E-state index in [1.165, 1.54) is 0 Å². The molecule has 0 bridgehead atoms. The maximum absolute atomic E-state index is 12.4. The lowest BCUT2D eigenvalue weighted by Crippen LogP contribution is -2.39. The van der Waals surface area contributed by atoms with E-state index in [1.807, 2.05) is 13.0 Å². The predicted octanol–water partition coefficient (Wildman–Crippen LogP) is 2.49. The highest BCUT2D eigenvalue weighted by molar-refractivity contribution is 8.00. The summed E-state index contributed by atoms with van der Waals surface area (Å²) in [5.41, 5.74) is -0.286. The summed E-state index contributed by atoms with van der Waals surface area (Å²) in [4.78, 5) is 18.8. The van der Waals surface area contributed by atoms with Crippen molar-refractivity contribution < 1.29 is 9.47 Å². The van der Waals surface area contributed by atoms with Crippen LogP contribution in [0.5, 0.6) is 0 Å². The van der Waals surface area contributed by atoms with Gasteiger partial charge in [0, 0.05) is 30.6 Å². The first-order chi connectivity index (χ1) is 10.9. The standard InChI is InChI=1S/C16H27N3O3S/c1-6-21-9-15-22-14(10-23-15)18-8-7-13(17-16(18)20)19(11(2)3)12(4)5/h7-8,11-12,14-15H,6,9-10H2,1-5H3/t14-,15+/m0/s1. The average Bonchev–Trinajstić information content (AvgIpc) is 2.93. The highest BCUT2D eigenvalue weighted by Crippen LogP contribution is 2.31. The molecule has 0 unspecified atom stereocenters. The molecule has 0 saturated carbocycles. The first kappa shape index (κ1) is 18.3. The van der Waals surface area contributed by atoms with Crippen molar-refractivity contribution in [3.8, 4) is 0 Å². The van der Waals surface area contributed by atoms with Gasteiger partial charge < -0.3 is 14.4 Å². The van der Waals surface area contributed by atoms with Crippen molar-refractivity contribution in [1.82, 2.24) is 9.55 Å². The van der Waals surface area contributed by atoms with Gasteiger partial charge in [0.25, 0.3) is 0 Å². The molecule has 0 spiro atoms. The summed E-state index contributed by atoms with van der Waals surface area (Å²) >= 11 is 1.67. The number of rotatable bonds is 7. The topological polar surface area (TPSA) is 56.6 Å². The zero-order chi connectivity index (χ0) is 17.0. The fourth-order valence-electron chi connectivity index (χ4n) is 2.78. The normalized spacial score (nSPS) is 21.3. The molecule has 2 atom stereocenters. The number of thioether (sulfide) groups is 1. The van der Waals surface area contributed by atoms with E-state index < -0.39 is 0 Å². The van der Waals surface area contributed by atoms with Crippen LogP contribution in [0.3, 0.4) is 0 Å². The lowest BCUT2D eigenvalue weighted by atomic mass is 10.2. The van der Waals surface area contributed by atoms with Crippen molar-refractivity contribution in [2.24, 2.45) is 0 Å². The van der Waals surface area contributed by atoms with Crippen LogP contribution >= 0.6 is 11.8 Å². The minimum atomic E-state index is -0.272. The zero-order valence-electron chi connectivity index (χ0n) is 14.6. The SMILES string of the molecule is CCOC[C@@H]1O[C@H](n2ccc(N(C(C)C)C(C)C)nc2=O)CS1. The molecule has 6 nitrogen and oxygen atoms in total. The van der Waals surface area contributed by atoms with Gasteiger partial charge in [-0.05, 0) is 40.7 Å². The predicted molar refractivity (Wildman–Crippen MR) is 94.1 cm³/mol. The summed E-state index contributed by atoms with van der Waals surface area (Å²) < 4.78 is 12.8. The first-order valence-electron chi connectivity index (χ1n) is 8.16. The number of nitrogens with zero attached hydrogens (tertiary/aromatic N) is 3. The molecule has 0 N–H and O–H groups in total. The molecule has 1 aliphatic heterocycles. The maximum Gasteiger partial charge on any atom is 0.351 e. The fraction of sp³-hybridized carbons (Fsp3) is 0.750. The summed E-state index contributed by atoms with van der Waals surface area (Å²) in [6.45, 7) is 11.6. The molecule has 0 amide bonds. The summed E-state index contributed by atoms with van der Waals surface area (Å²) in [6.07, 6.45) is 1.52. The third-order valence-corrected chi connectivity index (χ3v) is 4.79. The second-order valence-electron chi connectivity index (χ2n) is 6.08. The number of hydrogen-bond acceptors (Lipinski definition) is 6. The second kappa shape index (κ2) is 8.17. The van der Waals surface area contributed by atoms with Crippen LogP contribution in [0, 0.1) is 0 Å². The molecule has 1 aliphatic rings. The molecular weight excluding hydrogens is 314 g/mol. The average molecular weight is 341 g/mol. The minimum absolute atomic E-state index is 0.0191. The molecule has 0 aromatic carbocycles. The lowest BCUT2D eigenvalue weighted by Gasteiger charge is -2.31. The highest BCUT2D eigenvalue weighted by Gasteiger charge is 2.28. The Morgan fingerprint density at radius 2 is 2.13 bits per heavy atom. The first-order valence-corrected chi connectivity index (χ1v) is 9.21. The molecule has 7 heteroatoms. The van der Waals surface area contributed by atoms with E-state index in [1.54, 1.807) is 22.5 Å². The Bertz CT molecular complexity index is 554. The molecule has 0 radical (unpaired) electrons. The van der Waals surface area contributed by atoms with Crippen molar-refractivity contribution in [2.75, 3.05) is 23.9 Å². The van der Waals surface area contributed by atoms with Gasteiger partial charge in [0.2, 0.25) is 0 Å². The van der Waals surface area contributed by atoms with E-state index in [9.17, 15) is 4.79 Å². The number of hydrogen-bond donors (Lipinski definition) is 0. The van der Waals surface area contributed by atoms with Crippen LogP contribution in [0.25, 0.3) is 0 Å². The molecule has 1 aromatic heterocycles. The van der Waals surface area contributed by atoms with Crippen molar-refractivity contribution in [2.45, 2.75) is 58.4 Å². The zero-order valence-corrected chi connectivity index (χ0v) is 15.4. The van der Waals surface area contributed by atoms with E-state index in [0.717, 1.165) is 5.75 Å². The number of anilines is 1. The largest absolute Gasteiger partial charge is 0.378 e. The van der Waals surface area contributed by atoms with Crippen molar-refractivity contribution >= 4 is 17.6 Å². The molecule has 1 aromatic rings. The Morgan fingerprint density at radius 1 is 1.43 bits per heavy atom. The van der Waals surface area contributed by atoms with Gasteiger partial charge in [0.15, 0.2) is 0 Å². The molecule has 0 aliphatic carbocycles. The maximum atomic E-state index is 12.4. The van der Waals surface area contributed by atoms with Crippen LogP contribution in [0.1, 0.15) is 40.8 Å². The monoisotopic (exact) mass is 341 g/mol. The Balaban J connectivity index is 2.13. The fourth-order valence-corrected chi connectivity index (χ4v) is 3.80. The molecule has 1 fully saturated rings. The van der Waals surface area contributed by atoms with Gasteiger partial charge in [0.05, 0.1) is 6.61 Å². The Kier molecular flexibility index (Phi) is 6.50. The van der Waals surface area contributed by atoms with Crippen LogP contribution in [-0.2, 0) is 9.47 Å². The van der Waals surface area contributed by atoms with E-state index in [2.05, 4.69) is 37.6 Å². The van der Waals surface area contributed by atoms with E-state index in [-0.39, 0.29) is 29.4 Å². The molecule has 2 heterocycles. The van der Waals surface area contributed by atoms with Crippen molar-refractivity contribution in [3.05, 3.63) is 22.7 Å². The van der Waals surface area contributed by atoms with E-state index >= 15 is 0 Å². The smallest absolute Gasteiger partial charge is 0.351 e. The van der Waals surface area contributed by atoms with Crippen molar-refractivity contribution in [3.63, 3.8) is 0 Å². The van der Waals surface area contributed by atoms with Gasteiger partial charge in [0.1, 0.15) is 17.5 Å². The lowest BCUT2D eigenvalue weighted by molar-refractivity contribution is -0.0226. The summed E-state index contributed by atoms with van der Waals surface area (Å²) in [7, 11) is 0. The van der Waals surface area contributed by atoms with E-state index in [4.69, 9.17) is 9.47 Å². The van der Waals surface area contributed by atoms with E-state index in [0.29, 0.717) is 19.0 Å². The molecule has 1 saturated heterocycles. The Morgan fingerprint density at radius 3 is 2.70 bits per heavy atom. The van der Waals surface area contributed by atoms with Gasteiger partial charge in [-0.3, -0.25) is 4.57 Å². The quantitative estimate of drug-likeness (QED) is 0.759. The van der Waals surface area contributed by atoms with Crippen LogP contribution in [0.15, 0.2) is 17.1 Å². The second-order valence-corrected chi connectivity index (χ2v) is 7.28. The van der Waals surface area contributed by atoms with Gasteiger partial charge in [-0.15, -0.1) is 11.8 Å². The third-order valence-electron chi connectivity index (χ3n) is 3.69. The summed E-state index contributed by atoms with van der Waals surface area (Å²) in [5.74, 6) is 1.45. The Labute approximate surface area is 142 Å². The summed E-state index contributed by atoms with van der Waals surface area (Å²) in [6, 6.07) is 2.46. The van der Waals surface area contributed by atoms with Crippen molar-refractivity contribution in [1.29, 1.82) is 0 Å². The van der Waals surface area contributed by atoms with Crippen LogP contribution in [0.4, 0.5) is 5.82 Å². The van der Waals surface area contributed by atoms with Crippen LogP contribution in [0.2, 0.25) is 0 Å². The minimum Gasteiger partial charge on any atom is -0.378 e. The van der Waals surface area contributed by atoms with Gasteiger partial charge in [-0.1, -0.05) is 0 Å². The van der Waals surface area contributed by atoms with Gasteiger partial charge >= 0.3 is 5.69 Å². The molecular formula is C16H27N3O3S. The third kappa shape index (κ3) is 4.49. The molecule has 2 rings (SSSR count).